The molecule has 0 radical (unpaired) electrons. The molecular weight excluding hydrogens is 538 g/mol. The number of nitriles is 2. The van der Waals surface area contributed by atoms with Crippen molar-refractivity contribution in [3.63, 3.8) is 0 Å². The van der Waals surface area contributed by atoms with Crippen LogP contribution in [-0.2, 0) is 0 Å². The molecule has 3 heterocycles. The largest absolute Gasteiger partial charge is 0.455 e. The lowest BCUT2D eigenvalue weighted by Gasteiger charge is -2.07. The van der Waals surface area contributed by atoms with Gasteiger partial charge in [-0.1, -0.05) is 86.6 Å². The average molecular weight is 564 g/mol. The molecule has 44 heavy (non-hydrogen) atoms. The molecule has 0 aliphatic carbocycles. The normalized spacial score (nSPS) is 11.4. The summed E-state index contributed by atoms with van der Waals surface area (Å²) < 4.78 is 8.50. The van der Waals surface area contributed by atoms with E-state index >= 15 is 0 Å². The van der Waals surface area contributed by atoms with Crippen LogP contribution in [-0.4, -0.2) is 4.40 Å². The van der Waals surface area contributed by atoms with Gasteiger partial charge in [-0.25, -0.2) is 0 Å². The second-order valence-electron chi connectivity index (χ2n) is 10.8. The Morgan fingerprint density at radius 3 is 1.75 bits per heavy atom. The molecule has 0 aliphatic rings. The molecule has 4 nitrogen and oxygen atoms in total. The standard InChI is InChI=1S/C38H19N3O.C2H6/c39-20-22-8-14-28-32-18-26(19-33-29-15-9-23(21-40)17-35(29)41(37(32)33)34(28)16-22)24-10-12-25(13-11-24)27-5-3-6-31-30-4-1-2-7-36(30)42-38(27)31;1-2/h1-19H;1-2H3. The Morgan fingerprint density at radius 2 is 1.11 bits per heavy atom. The summed E-state index contributed by atoms with van der Waals surface area (Å²) in [4.78, 5) is 0. The molecule has 4 heteroatoms. The third-order valence-corrected chi connectivity index (χ3v) is 8.58. The molecule has 0 fully saturated rings. The molecular formula is C40H25N3O. The molecule has 0 N–H and O–H groups in total. The predicted molar refractivity (Wildman–Crippen MR) is 180 cm³/mol. The minimum atomic E-state index is 0.614. The van der Waals surface area contributed by atoms with E-state index in [-0.39, 0.29) is 0 Å². The van der Waals surface area contributed by atoms with Crippen molar-refractivity contribution in [1.29, 1.82) is 10.5 Å². The third kappa shape index (κ3) is 3.56. The molecule has 6 aromatic carbocycles. The van der Waals surface area contributed by atoms with Gasteiger partial charge >= 0.3 is 0 Å². The number of nitrogens with zero attached hydrogens (tertiary/aromatic N) is 3. The van der Waals surface area contributed by atoms with Gasteiger partial charge in [0.05, 0.1) is 39.8 Å². The van der Waals surface area contributed by atoms with Crippen LogP contribution >= 0.6 is 0 Å². The summed E-state index contributed by atoms with van der Waals surface area (Å²) >= 11 is 0. The molecule has 3 aromatic heterocycles. The Balaban J connectivity index is 0.00000142. The maximum absolute atomic E-state index is 9.61. The average Bonchev–Trinajstić information content (AvgIpc) is 3.75. The lowest BCUT2D eigenvalue weighted by molar-refractivity contribution is 0.670. The molecule has 206 valence electrons. The van der Waals surface area contributed by atoms with Crippen LogP contribution in [0.2, 0.25) is 0 Å². The maximum atomic E-state index is 9.61. The summed E-state index contributed by atoms with van der Waals surface area (Å²) in [6, 6.07) is 43.9. The van der Waals surface area contributed by atoms with Crippen LogP contribution < -0.4 is 0 Å². The molecule has 0 saturated carbocycles. The highest BCUT2D eigenvalue weighted by Crippen LogP contribution is 2.43. The number of hydrogen-bond donors (Lipinski definition) is 0. The molecule has 9 aromatic rings. The van der Waals surface area contributed by atoms with Crippen LogP contribution in [0.5, 0.6) is 0 Å². The van der Waals surface area contributed by atoms with Gasteiger partial charge in [-0.15, -0.1) is 0 Å². The van der Waals surface area contributed by atoms with Crippen LogP contribution in [0.15, 0.2) is 120 Å². The number of rotatable bonds is 2. The first kappa shape index (κ1) is 25.6. The number of aromatic nitrogens is 1. The highest BCUT2D eigenvalue weighted by molar-refractivity contribution is 6.24. The topological polar surface area (TPSA) is 65.1 Å². The van der Waals surface area contributed by atoms with E-state index in [1.54, 1.807) is 0 Å². The minimum absolute atomic E-state index is 0.614. The van der Waals surface area contributed by atoms with Gasteiger partial charge < -0.3 is 8.82 Å². The van der Waals surface area contributed by atoms with Gasteiger partial charge in [0.1, 0.15) is 11.2 Å². The SMILES string of the molecule is CC.N#Cc1ccc2c3cc(-c4ccc(-c5cccc6c5oc5ccccc56)cc4)cc4c5ccc(C#N)cc5n(c2c1)c34. The third-order valence-electron chi connectivity index (χ3n) is 8.58. The lowest BCUT2D eigenvalue weighted by atomic mass is 9.96. The van der Waals surface area contributed by atoms with Gasteiger partial charge in [0.25, 0.3) is 0 Å². The Morgan fingerprint density at radius 1 is 0.523 bits per heavy atom. The van der Waals surface area contributed by atoms with E-state index in [0.717, 1.165) is 82.3 Å². The second kappa shape index (κ2) is 9.73. The summed E-state index contributed by atoms with van der Waals surface area (Å²) in [7, 11) is 0. The zero-order valence-electron chi connectivity index (χ0n) is 24.2. The van der Waals surface area contributed by atoms with Crippen molar-refractivity contribution in [3.8, 4) is 34.4 Å². The summed E-state index contributed by atoms with van der Waals surface area (Å²) in [5.41, 5.74) is 10.5. The van der Waals surface area contributed by atoms with Crippen molar-refractivity contribution >= 4 is 60.0 Å². The molecule has 0 saturated heterocycles. The number of hydrogen-bond acceptors (Lipinski definition) is 3. The van der Waals surface area contributed by atoms with Crippen molar-refractivity contribution in [1.82, 2.24) is 4.40 Å². The van der Waals surface area contributed by atoms with E-state index in [4.69, 9.17) is 4.42 Å². The van der Waals surface area contributed by atoms with E-state index in [2.05, 4.69) is 77.2 Å². The smallest absolute Gasteiger partial charge is 0.143 e. The Bertz CT molecular complexity index is 2540. The van der Waals surface area contributed by atoms with E-state index in [0.29, 0.717) is 11.1 Å². The van der Waals surface area contributed by atoms with Crippen LogP contribution in [0.1, 0.15) is 25.0 Å². The number of para-hydroxylation sites is 2. The monoisotopic (exact) mass is 563 g/mol. The first-order valence-corrected chi connectivity index (χ1v) is 14.8. The van der Waals surface area contributed by atoms with E-state index in [1.165, 1.54) is 0 Å². The first-order valence-electron chi connectivity index (χ1n) is 14.8. The van der Waals surface area contributed by atoms with Gasteiger partial charge in [0.2, 0.25) is 0 Å². The van der Waals surface area contributed by atoms with Gasteiger partial charge in [0.15, 0.2) is 0 Å². The zero-order valence-corrected chi connectivity index (χ0v) is 24.2. The fraction of sp³-hybridized carbons (Fsp3) is 0.0500. The quantitative estimate of drug-likeness (QED) is 0.210. The summed E-state index contributed by atoms with van der Waals surface area (Å²) in [5.74, 6) is 0. The van der Waals surface area contributed by atoms with Crippen molar-refractivity contribution in [2.24, 2.45) is 0 Å². The van der Waals surface area contributed by atoms with E-state index in [1.807, 2.05) is 68.4 Å². The fourth-order valence-electron chi connectivity index (χ4n) is 6.67. The van der Waals surface area contributed by atoms with Crippen LogP contribution in [0.4, 0.5) is 0 Å². The Hall–Kier alpha value is -6.10. The van der Waals surface area contributed by atoms with Crippen LogP contribution in [0.3, 0.4) is 0 Å². The van der Waals surface area contributed by atoms with Gasteiger partial charge in [-0.3, -0.25) is 0 Å². The van der Waals surface area contributed by atoms with Crippen molar-refractivity contribution in [2.45, 2.75) is 13.8 Å². The molecule has 0 atom stereocenters. The van der Waals surface area contributed by atoms with Crippen molar-refractivity contribution in [2.75, 3.05) is 0 Å². The molecule has 0 amide bonds. The minimum Gasteiger partial charge on any atom is -0.455 e. The fourth-order valence-corrected chi connectivity index (χ4v) is 6.67. The summed E-state index contributed by atoms with van der Waals surface area (Å²) in [6.07, 6.45) is 0. The van der Waals surface area contributed by atoms with Gasteiger partial charge in [0, 0.05) is 37.9 Å². The molecule has 0 aliphatic heterocycles. The van der Waals surface area contributed by atoms with Gasteiger partial charge in [-0.2, -0.15) is 10.5 Å². The van der Waals surface area contributed by atoms with Gasteiger partial charge in [-0.05, 0) is 59.2 Å². The molecule has 9 rings (SSSR count). The lowest BCUT2D eigenvalue weighted by Crippen LogP contribution is -1.83. The van der Waals surface area contributed by atoms with Crippen LogP contribution in [0, 0.1) is 22.7 Å². The summed E-state index contributed by atoms with van der Waals surface area (Å²) in [5, 5.41) is 25.9. The van der Waals surface area contributed by atoms with E-state index < -0.39 is 0 Å². The Labute approximate surface area is 253 Å². The van der Waals surface area contributed by atoms with Crippen molar-refractivity contribution in [3.05, 3.63) is 126 Å². The molecule has 0 bridgehead atoms. The Kier molecular flexibility index (Phi) is 5.66. The molecule has 0 unspecified atom stereocenters. The summed E-state index contributed by atoms with van der Waals surface area (Å²) in [6.45, 7) is 4.00. The first-order chi connectivity index (χ1) is 21.7. The number of benzene rings is 6. The zero-order chi connectivity index (χ0) is 29.9. The predicted octanol–water partition coefficient (Wildman–Crippen LogP) is 10.8. The number of furan rings is 1. The highest BCUT2D eigenvalue weighted by atomic mass is 16.3. The maximum Gasteiger partial charge on any atom is 0.143 e. The molecule has 0 spiro atoms. The van der Waals surface area contributed by atoms with E-state index in [9.17, 15) is 10.5 Å². The highest BCUT2D eigenvalue weighted by Gasteiger charge is 2.20. The van der Waals surface area contributed by atoms with Crippen molar-refractivity contribution < 1.29 is 4.42 Å². The van der Waals surface area contributed by atoms with Crippen LogP contribution in [0.25, 0.3) is 82.3 Å². The second-order valence-corrected chi connectivity index (χ2v) is 10.8. The number of fused-ring (bicyclic) bond motifs is 9.